The summed E-state index contributed by atoms with van der Waals surface area (Å²) in [5.74, 6) is 2.11. The third kappa shape index (κ3) is 12.0. The molecular weight excluding hydrogens is 634 g/mol. The van der Waals surface area contributed by atoms with Gasteiger partial charge in [0.2, 0.25) is 0 Å². The molecule has 0 aliphatic carbocycles. The van der Waals surface area contributed by atoms with Crippen LogP contribution in [-0.4, -0.2) is 162 Å². The minimum atomic E-state index is 0.575. The Morgan fingerprint density at radius 3 is 0.740 bits per heavy atom. The first kappa shape index (κ1) is 36.1. The molecule has 14 nitrogen and oxygen atoms in total. The van der Waals surface area contributed by atoms with Crippen LogP contribution in [0, 0.1) is 0 Å². The molecule has 50 heavy (non-hydrogen) atoms. The van der Waals surface area contributed by atoms with Crippen LogP contribution in [0.2, 0.25) is 0 Å². The molecule has 262 valence electrons. The predicted molar refractivity (Wildman–Crippen MR) is 200 cm³/mol. The van der Waals surface area contributed by atoms with Gasteiger partial charge in [0.15, 0.2) is 0 Å². The van der Waals surface area contributed by atoms with Gasteiger partial charge in [-0.2, -0.15) is 0 Å². The quantitative estimate of drug-likeness (QED) is 0.410. The van der Waals surface area contributed by atoms with E-state index in [1.165, 1.54) is 0 Å². The first-order valence-electron chi connectivity index (χ1n) is 16.7. The van der Waals surface area contributed by atoms with Crippen LogP contribution in [0.15, 0.2) is 66.4 Å². The van der Waals surface area contributed by atoms with Gasteiger partial charge < -0.3 is 14.2 Å². The van der Waals surface area contributed by atoms with Gasteiger partial charge >= 0.3 is 0 Å². The fraction of sp³-hybridized carbons (Fsp3) is 0.417. The minimum absolute atomic E-state index is 0.575. The Morgan fingerprint density at radius 1 is 0.360 bits per heavy atom. The maximum atomic E-state index is 5.53. The minimum Gasteiger partial charge on any atom is -0.497 e. The Kier molecular flexibility index (Phi) is 14.2. The van der Waals surface area contributed by atoms with E-state index in [-0.39, 0.29) is 0 Å². The summed E-state index contributed by atoms with van der Waals surface area (Å²) < 4.78 is 16.6. The van der Waals surface area contributed by atoms with E-state index in [1.807, 2.05) is 36.4 Å². The summed E-state index contributed by atoms with van der Waals surface area (Å²) in [5.41, 5.74) is 4.27. The zero-order valence-electron chi connectivity index (χ0n) is 29.1. The van der Waals surface area contributed by atoms with Crippen molar-refractivity contribution in [3.05, 3.63) is 70.6 Å². The number of aromatic nitrogens is 3. The molecule has 8 bridgehead atoms. The number of fused-ring (bicyclic) bond motifs is 12. The van der Waals surface area contributed by atoms with Gasteiger partial charge in [-0.3, -0.25) is 39.8 Å². The van der Waals surface area contributed by atoms with E-state index in [9.17, 15) is 0 Å². The monoisotopic (exact) mass is 679 g/mol. The standard InChI is InChI=1S/C36H45N11O3/c1-48-34-16-28-22-37-4-10-46-12-6-39-24-30-18-35(49-2)19-31(44-30)25-40-7-13-47(11-5-38-23-29(17-34)43-28)15-9-42-27-33-21-36(50-3)20-32(45-33)26-41-8-14-46/h16-27H,4-15H2,1-3H3. The Bertz CT molecular complexity index is 1410. The Morgan fingerprint density at radius 2 is 0.560 bits per heavy atom. The highest BCUT2D eigenvalue weighted by atomic mass is 16.5. The lowest BCUT2D eigenvalue weighted by atomic mass is 10.3. The number of hydrogen-bond acceptors (Lipinski definition) is 14. The van der Waals surface area contributed by atoms with Gasteiger partial charge in [0.1, 0.15) is 17.2 Å². The molecule has 0 aromatic carbocycles. The van der Waals surface area contributed by atoms with Crippen LogP contribution < -0.4 is 14.2 Å². The SMILES string of the molecule is COc1cc2nc(c1)C=NCCN1CCN=Cc3cc(OC)cc(n3)C=NCCN(CCN=C2)CCN=Cc2cc(OC)cc(n2)C=NCC1. The normalized spacial score (nSPS) is 19.3. The van der Waals surface area contributed by atoms with Gasteiger partial charge in [-0.15, -0.1) is 0 Å². The maximum Gasteiger partial charge on any atom is 0.123 e. The molecule has 0 radical (unpaired) electrons. The summed E-state index contributed by atoms with van der Waals surface area (Å²) in [6.45, 7) is 7.74. The molecule has 3 aliphatic heterocycles. The van der Waals surface area contributed by atoms with E-state index in [1.54, 1.807) is 58.6 Å². The fourth-order valence-electron chi connectivity index (χ4n) is 5.20. The van der Waals surface area contributed by atoms with Crippen LogP contribution in [0.25, 0.3) is 0 Å². The number of methoxy groups -OCH3 is 3. The van der Waals surface area contributed by atoms with E-state index in [4.69, 9.17) is 59.1 Å². The molecule has 0 amide bonds. The van der Waals surface area contributed by atoms with Crippen molar-refractivity contribution < 1.29 is 14.2 Å². The Balaban J connectivity index is 1.47. The van der Waals surface area contributed by atoms with Crippen molar-refractivity contribution >= 4 is 37.3 Å². The summed E-state index contributed by atoms with van der Waals surface area (Å²) in [7, 11) is 4.94. The highest BCUT2D eigenvalue weighted by Gasteiger charge is 2.08. The second kappa shape index (κ2) is 19.7. The van der Waals surface area contributed by atoms with Crippen molar-refractivity contribution in [3.8, 4) is 17.2 Å². The molecular formula is C36H45N11O3. The molecule has 0 spiro atoms. The van der Waals surface area contributed by atoms with Crippen molar-refractivity contribution in [3.63, 3.8) is 0 Å². The topological polar surface area (TPSA) is 147 Å². The Hall–Kier alpha value is -5.21. The van der Waals surface area contributed by atoms with Gasteiger partial charge in [-0.1, -0.05) is 0 Å². The molecule has 3 aromatic heterocycles. The van der Waals surface area contributed by atoms with Gasteiger partial charge in [0.25, 0.3) is 0 Å². The number of rotatable bonds is 3. The molecule has 14 heteroatoms. The van der Waals surface area contributed by atoms with Crippen LogP contribution in [0.3, 0.4) is 0 Å². The number of aliphatic imine (C=N–C) groups is 6. The lowest BCUT2D eigenvalue weighted by Gasteiger charge is -2.19. The second-order valence-electron chi connectivity index (χ2n) is 11.5. The fourth-order valence-corrected chi connectivity index (χ4v) is 5.20. The summed E-state index contributed by atoms with van der Waals surface area (Å²) >= 11 is 0. The number of hydrogen-bond donors (Lipinski definition) is 0. The van der Waals surface area contributed by atoms with Gasteiger partial charge in [0, 0.05) is 113 Å². The van der Waals surface area contributed by atoms with Crippen molar-refractivity contribution in [1.82, 2.24) is 24.8 Å². The highest BCUT2D eigenvalue weighted by molar-refractivity contribution is 5.84. The number of pyridine rings is 3. The van der Waals surface area contributed by atoms with Crippen LogP contribution in [0.4, 0.5) is 0 Å². The molecule has 6 rings (SSSR count). The Labute approximate surface area is 293 Å². The highest BCUT2D eigenvalue weighted by Crippen LogP contribution is 2.14. The molecule has 3 aromatic rings. The van der Waals surface area contributed by atoms with E-state index < -0.39 is 0 Å². The van der Waals surface area contributed by atoms with Gasteiger partial charge in [-0.05, 0) is 0 Å². The van der Waals surface area contributed by atoms with Gasteiger partial charge in [0.05, 0.1) is 94.8 Å². The van der Waals surface area contributed by atoms with Crippen molar-refractivity contribution in [2.24, 2.45) is 30.0 Å². The third-order valence-corrected chi connectivity index (χ3v) is 7.84. The van der Waals surface area contributed by atoms with Crippen LogP contribution >= 0.6 is 0 Å². The summed E-state index contributed by atoms with van der Waals surface area (Å²) in [6, 6.07) is 11.2. The zero-order valence-corrected chi connectivity index (χ0v) is 29.1. The molecule has 6 heterocycles. The first-order valence-corrected chi connectivity index (χ1v) is 16.7. The van der Waals surface area contributed by atoms with Gasteiger partial charge in [-0.25, -0.2) is 15.0 Å². The van der Waals surface area contributed by atoms with Crippen LogP contribution in [-0.2, 0) is 0 Å². The van der Waals surface area contributed by atoms with E-state index in [2.05, 4.69) is 9.80 Å². The number of nitrogens with zero attached hydrogens (tertiary/aromatic N) is 11. The molecule has 0 atom stereocenters. The summed E-state index contributed by atoms with van der Waals surface area (Å²) in [4.78, 5) is 46.9. The van der Waals surface area contributed by atoms with Crippen molar-refractivity contribution in [2.75, 3.05) is 99.9 Å². The zero-order chi connectivity index (χ0) is 34.8. The summed E-state index contributed by atoms with van der Waals surface area (Å²) in [6.07, 6.45) is 10.7. The largest absolute Gasteiger partial charge is 0.497 e. The average molecular weight is 680 g/mol. The smallest absolute Gasteiger partial charge is 0.123 e. The van der Waals surface area contributed by atoms with Crippen molar-refractivity contribution in [1.29, 1.82) is 0 Å². The van der Waals surface area contributed by atoms with E-state index >= 15 is 0 Å². The third-order valence-electron chi connectivity index (χ3n) is 7.84. The molecule has 0 fully saturated rings. The lowest BCUT2D eigenvalue weighted by molar-refractivity contribution is 0.298. The predicted octanol–water partition coefficient (Wildman–Crippen LogP) is 2.44. The maximum absolute atomic E-state index is 5.53. The second-order valence-corrected chi connectivity index (χ2v) is 11.5. The molecule has 3 aliphatic rings. The molecule has 0 saturated carbocycles. The van der Waals surface area contributed by atoms with Crippen LogP contribution in [0.1, 0.15) is 34.2 Å². The molecule has 0 N–H and O–H groups in total. The molecule has 0 saturated heterocycles. The first-order chi connectivity index (χ1) is 24.6. The summed E-state index contributed by atoms with van der Waals surface area (Å²) in [5, 5.41) is 0. The molecule has 0 unspecified atom stereocenters. The average Bonchev–Trinajstić information content (AvgIpc) is 3.13. The van der Waals surface area contributed by atoms with Crippen LogP contribution in [0.5, 0.6) is 17.2 Å². The van der Waals surface area contributed by atoms with Crippen molar-refractivity contribution in [2.45, 2.75) is 0 Å². The number of ether oxygens (including phenoxy) is 3. The van der Waals surface area contributed by atoms with E-state index in [0.29, 0.717) is 130 Å². The van der Waals surface area contributed by atoms with E-state index in [0.717, 1.165) is 0 Å². The lowest BCUT2D eigenvalue weighted by Crippen LogP contribution is -2.31.